The van der Waals surface area contributed by atoms with Crippen molar-refractivity contribution in [2.24, 2.45) is 0 Å². The average Bonchev–Trinajstić information content (AvgIpc) is 2.78. The van der Waals surface area contributed by atoms with E-state index in [4.69, 9.17) is 9.47 Å². The fourth-order valence-corrected chi connectivity index (χ4v) is 2.06. The van der Waals surface area contributed by atoms with E-state index in [1.165, 1.54) is 4.88 Å². The summed E-state index contributed by atoms with van der Waals surface area (Å²) in [6.45, 7) is 4.71. The van der Waals surface area contributed by atoms with Crippen LogP contribution in [0.3, 0.4) is 0 Å². The van der Waals surface area contributed by atoms with Gasteiger partial charge in [-0.15, -0.1) is 11.3 Å². The molecule has 0 saturated heterocycles. The van der Waals surface area contributed by atoms with Crippen LogP contribution in [-0.4, -0.2) is 25.3 Å². The molecule has 0 aromatic carbocycles. The zero-order valence-electron chi connectivity index (χ0n) is 9.77. The van der Waals surface area contributed by atoms with Gasteiger partial charge in [-0.25, -0.2) is 0 Å². The Labute approximate surface area is 100 Å². The van der Waals surface area contributed by atoms with Gasteiger partial charge in [-0.1, -0.05) is 6.07 Å². The second-order valence-corrected chi connectivity index (χ2v) is 4.32. The molecule has 0 aliphatic carbocycles. The molecule has 3 nitrogen and oxygen atoms in total. The number of aryl methyl sites for hydroxylation is 1. The summed E-state index contributed by atoms with van der Waals surface area (Å²) in [5, 5.41) is 2.02. The Bertz CT molecular complexity index is 289. The number of carbonyl (C=O) groups is 1. The van der Waals surface area contributed by atoms with Crippen molar-refractivity contribution in [1.82, 2.24) is 0 Å². The molecule has 0 unspecified atom stereocenters. The van der Waals surface area contributed by atoms with E-state index in [2.05, 4.69) is 0 Å². The largest absolute Gasteiger partial charge is 0.346 e. The Morgan fingerprint density at radius 2 is 2.06 bits per heavy atom. The number of carbonyl (C=O) groups excluding carboxylic acids is 1. The van der Waals surface area contributed by atoms with Crippen molar-refractivity contribution in [2.75, 3.05) is 13.2 Å². The van der Waals surface area contributed by atoms with Crippen LogP contribution < -0.4 is 0 Å². The van der Waals surface area contributed by atoms with E-state index >= 15 is 0 Å². The molecule has 1 aromatic rings. The molecule has 1 rings (SSSR count). The number of ketones is 1. The Morgan fingerprint density at radius 1 is 1.38 bits per heavy atom. The highest BCUT2D eigenvalue weighted by atomic mass is 32.1. The number of thiophene rings is 1. The van der Waals surface area contributed by atoms with Crippen molar-refractivity contribution >= 4 is 17.1 Å². The molecule has 1 heterocycles. The van der Waals surface area contributed by atoms with Gasteiger partial charge in [0.25, 0.3) is 0 Å². The second-order valence-electron chi connectivity index (χ2n) is 3.29. The highest BCUT2D eigenvalue weighted by molar-refractivity contribution is 7.09. The number of hydrogen-bond acceptors (Lipinski definition) is 4. The maximum atomic E-state index is 11.8. The van der Waals surface area contributed by atoms with E-state index < -0.39 is 6.29 Å². The fourth-order valence-electron chi connectivity index (χ4n) is 1.36. The Hall–Kier alpha value is -0.710. The van der Waals surface area contributed by atoms with E-state index in [0.29, 0.717) is 19.6 Å². The molecule has 1 aromatic heterocycles. The maximum Gasteiger partial charge on any atom is 0.217 e. The summed E-state index contributed by atoms with van der Waals surface area (Å²) in [6, 6.07) is 4.03. The molecule has 0 N–H and O–H groups in total. The first kappa shape index (κ1) is 13.4. The van der Waals surface area contributed by atoms with Gasteiger partial charge < -0.3 is 9.47 Å². The highest BCUT2D eigenvalue weighted by Gasteiger charge is 2.18. The summed E-state index contributed by atoms with van der Waals surface area (Å²) < 4.78 is 10.5. The molecule has 90 valence electrons. The summed E-state index contributed by atoms with van der Waals surface area (Å²) >= 11 is 1.67. The maximum absolute atomic E-state index is 11.8. The molecule has 16 heavy (non-hydrogen) atoms. The van der Waals surface area contributed by atoms with Gasteiger partial charge in [-0.3, -0.25) is 4.79 Å². The zero-order chi connectivity index (χ0) is 11.8. The van der Waals surface area contributed by atoms with Gasteiger partial charge in [0.05, 0.1) is 0 Å². The van der Waals surface area contributed by atoms with Crippen molar-refractivity contribution in [3.8, 4) is 0 Å². The van der Waals surface area contributed by atoms with Crippen LogP contribution in [0.2, 0.25) is 0 Å². The van der Waals surface area contributed by atoms with Gasteiger partial charge in [-0.05, 0) is 31.7 Å². The summed E-state index contributed by atoms with van der Waals surface area (Å²) in [7, 11) is 0. The molecule has 0 radical (unpaired) electrons. The van der Waals surface area contributed by atoms with Gasteiger partial charge in [0.15, 0.2) is 5.78 Å². The lowest BCUT2D eigenvalue weighted by Gasteiger charge is -2.15. The summed E-state index contributed by atoms with van der Waals surface area (Å²) in [5.74, 6) is 0.0251. The first-order valence-corrected chi connectivity index (χ1v) is 6.44. The van der Waals surface area contributed by atoms with Gasteiger partial charge in [-0.2, -0.15) is 0 Å². The van der Waals surface area contributed by atoms with Crippen molar-refractivity contribution in [3.05, 3.63) is 22.4 Å². The third-order valence-corrected chi connectivity index (χ3v) is 3.03. The van der Waals surface area contributed by atoms with E-state index in [0.717, 1.165) is 6.42 Å². The topological polar surface area (TPSA) is 35.5 Å². The Kier molecular flexibility index (Phi) is 6.30. The molecule has 0 spiro atoms. The number of hydrogen-bond donors (Lipinski definition) is 0. The molecule has 0 amide bonds. The van der Waals surface area contributed by atoms with Gasteiger partial charge >= 0.3 is 0 Å². The first-order chi connectivity index (χ1) is 7.77. The van der Waals surface area contributed by atoms with Gasteiger partial charge in [0.1, 0.15) is 0 Å². The van der Waals surface area contributed by atoms with Crippen LogP contribution in [-0.2, 0) is 20.7 Å². The standard InChI is InChI=1S/C12H18O3S/c1-3-14-12(15-4-2)11(13)8-7-10-6-5-9-16-10/h5-6,9,12H,3-4,7-8H2,1-2H3. The van der Waals surface area contributed by atoms with Crippen molar-refractivity contribution in [1.29, 1.82) is 0 Å². The van der Waals surface area contributed by atoms with Crippen molar-refractivity contribution in [2.45, 2.75) is 33.0 Å². The lowest BCUT2D eigenvalue weighted by atomic mass is 10.2. The molecule has 0 saturated carbocycles. The molecular formula is C12H18O3S. The second kappa shape index (κ2) is 7.54. The number of ether oxygens (including phenoxy) is 2. The quantitative estimate of drug-likeness (QED) is 0.657. The third kappa shape index (κ3) is 4.43. The van der Waals surface area contributed by atoms with Crippen LogP contribution in [0.25, 0.3) is 0 Å². The minimum atomic E-state index is -0.685. The van der Waals surface area contributed by atoms with Crippen LogP contribution in [0.15, 0.2) is 17.5 Å². The Balaban J connectivity index is 2.36. The molecule has 0 fully saturated rings. The SMILES string of the molecule is CCOC(OCC)C(=O)CCc1cccs1. The predicted molar refractivity (Wildman–Crippen MR) is 64.7 cm³/mol. The smallest absolute Gasteiger partial charge is 0.217 e. The van der Waals surface area contributed by atoms with E-state index in [1.807, 2.05) is 31.4 Å². The van der Waals surface area contributed by atoms with Crippen molar-refractivity contribution in [3.63, 3.8) is 0 Å². The number of Topliss-reactive ketones (excluding diaryl/α,β-unsaturated/α-hetero) is 1. The highest BCUT2D eigenvalue weighted by Crippen LogP contribution is 2.12. The van der Waals surface area contributed by atoms with E-state index in [9.17, 15) is 4.79 Å². The fraction of sp³-hybridized carbons (Fsp3) is 0.583. The average molecular weight is 242 g/mol. The molecule has 0 aliphatic heterocycles. The molecule has 0 atom stereocenters. The third-order valence-electron chi connectivity index (χ3n) is 2.10. The van der Waals surface area contributed by atoms with Crippen LogP contribution >= 0.6 is 11.3 Å². The van der Waals surface area contributed by atoms with Crippen LogP contribution in [0.5, 0.6) is 0 Å². The molecular weight excluding hydrogens is 224 g/mol. The zero-order valence-corrected chi connectivity index (χ0v) is 10.6. The summed E-state index contributed by atoms with van der Waals surface area (Å²) in [5.41, 5.74) is 0. The normalized spacial score (nSPS) is 10.9. The molecule has 0 aliphatic rings. The van der Waals surface area contributed by atoms with Gasteiger partial charge in [0, 0.05) is 24.5 Å². The van der Waals surface area contributed by atoms with Crippen LogP contribution in [0.4, 0.5) is 0 Å². The van der Waals surface area contributed by atoms with Crippen LogP contribution in [0.1, 0.15) is 25.1 Å². The van der Waals surface area contributed by atoms with E-state index in [-0.39, 0.29) is 5.78 Å². The molecule has 4 heteroatoms. The predicted octanol–water partition coefficient (Wildman–Crippen LogP) is 2.65. The van der Waals surface area contributed by atoms with Crippen LogP contribution in [0, 0.1) is 0 Å². The minimum Gasteiger partial charge on any atom is -0.346 e. The van der Waals surface area contributed by atoms with Crippen molar-refractivity contribution < 1.29 is 14.3 Å². The summed E-state index contributed by atoms with van der Waals surface area (Å²) in [6.07, 6.45) is 0.563. The Morgan fingerprint density at radius 3 is 2.56 bits per heavy atom. The summed E-state index contributed by atoms with van der Waals surface area (Å²) in [4.78, 5) is 13.0. The minimum absolute atomic E-state index is 0.0251. The van der Waals surface area contributed by atoms with E-state index in [1.54, 1.807) is 11.3 Å². The van der Waals surface area contributed by atoms with Gasteiger partial charge in [0.2, 0.25) is 6.29 Å². The lowest BCUT2D eigenvalue weighted by Crippen LogP contribution is -2.27. The number of rotatable bonds is 8. The monoisotopic (exact) mass is 242 g/mol. The first-order valence-electron chi connectivity index (χ1n) is 5.56. The lowest BCUT2D eigenvalue weighted by molar-refractivity contribution is -0.167. The molecule has 0 bridgehead atoms.